The maximum absolute atomic E-state index is 12.5. The number of allylic oxidation sites excluding steroid dienone is 2. The normalized spacial score (nSPS) is 31.4. The van der Waals surface area contributed by atoms with Crippen molar-refractivity contribution in [2.45, 2.75) is 77.7 Å². The summed E-state index contributed by atoms with van der Waals surface area (Å²) in [5, 5.41) is 17.8. The van der Waals surface area contributed by atoms with Crippen LogP contribution in [0.1, 0.15) is 71.6 Å². The van der Waals surface area contributed by atoms with Crippen LogP contribution in [0.4, 0.5) is 0 Å². The molecule has 5 atom stereocenters. The van der Waals surface area contributed by atoms with Gasteiger partial charge in [0.1, 0.15) is 12.7 Å². The molecule has 0 saturated heterocycles. The van der Waals surface area contributed by atoms with Gasteiger partial charge in [0, 0.05) is 5.41 Å². The van der Waals surface area contributed by atoms with E-state index in [1.165, 1.54) is 6.26 Å². The van der Waals surface area contributed by atoms with Crippen molar-refractivity contribution < 1.29 is 48.4 Å². The molecule has 3 aliphatic rings. The van der Waals surface area contributed by atoms with Gasteiger partial charge in [-0.1, -0.05) is 32.1 Å². The molecular formula is C28H36O10. The van der Waals surface area contributed by atoms with E-state index in [0.29, 0.717) is 31.3 Å². The number of hydrogen-bond donors (Lipinski definition) is 2. The predicted octanol–water partition coefficient (Wildman–Crippen LogP) is 3.95. The number of carboxylic acid groups (broad SMARTS) is 2. The molecule has 0 radical (unpaired) electrons. The van der Waals surface area contributed by atoms with Crippen LogP contribution in [0.3, 0.4) is 0 Å². The van der Waals surface area contributed by atoms with Crippen molar-refractivity contribution in [1.82, 2.24) is 0 Å². The molecule has 0 amide bonds. The lowest BCUT2D eigenvalue weighted by Crippen LogP contribution is -2.58. The quantitative estimate of drug-likeness (QED) is 0.173. The summed E-state index contributed by atoms with van der Waals surface area (Å²) in [6.45, 7) is 8.32. The summed E-state index contributed by atoms with van der Waals surface area (Å²) < 4.78 is 16.3. The van der Waals surface area contributed by atoms with Gasteiger partial charge in [-0.25, -0.2) is 4.79 Å². The van der Waals surface area contributed by atoms with Crippen molar-refractivity contribution in [3.8, 4) is 0 Å². The van der Waals surface area contributed by atoms with Gasteiger partial charge < -0.3 is 24.4 Å². The molecule has 0 aromatic rings. The van der Waals surface area contributed by atoms with Crippen LogP contribution in [0, 0.1) is 22.7 Å². The first-order valence-corrected chi connectivity index (χ1v) is 12.9. The lowest BCUT2D eigenvalue weighted by Gasteiger charge is -2.60. The van der Waals surface area contributed by atoms with E-state index in [9.17, 15) is 24.0 Å². The highest BCUT2D eigenvalue weighted by molar-refractivity contribution is 5.94. The van der Waals surface area contributed by atoms with E-state index < -0.39 is 41.4 Å². The standard InChI is InChI=1S/C28H36O10/c1-17-4-7-20-27(2,19(17)6-5-18-13-15-36-26(18)35)14-12-21(38-25(34)11-9-23(31)32)28(20,3)16-37-24(33)10-8-22(29)30/h5,13,15,19-21H,1,4,6-12,14,16H2,2-3H3,(H,29,30)(H,31,32)/t19-,20+,21-,27+,28+/m1/s1. The molecule has 1 heterocycles. The van der Waals surface area contributed by atoms with Crippen LogP contribution in [0.5, 0.6) is 0 Å². The number of carboxylic acids is 2. The number of aliphatic carboxylic acids is 2. The van der Waals surface area contributed by atoms with Gasteiger partial charge in [-0.15, -0.1) is 0 Å². The Hall–Kier alpha value is -3.43. The zero-order valence-corrected chi connectivity index (χ0v) is 21.9. The number of cyclic esters (lactones) is 1. The molecule has 0 aromatic heterocycles. The van der Waals surface area contributed by atoms with E-state index in [2.05, 4.69) is 13.5 Å². The third-order valence-corrected chi connectivity index (χ3v) is 8.45. The van der Waals surface area contributed by atoms with E-state index in [4.69, 9.17) is 24.4 Å². The molecule has 38 heavy (non-hydrogen) atoms. The Morgan fingerprint density at radius 2 is 1.74 bits per heavy atom. The molecule has 0 bridgehead atoms. The van der Waals surface area contributed by atoms with E-state index in [1.807, 2.05) is 13.0 Å². The van der Waals surface area contributed by atoms with Gasteiger partial charge in [0.25, 0.3) is 0 Å². The monoisotopic (exact) mass is 532 g/mol. The summed E-state index contributed by atoms with van der Waals surface area (Å²) in [4.78, 5) is 58.6. The molecule has 0 spiro atoms. The van der Waals surface area contributed by atoms with E-state index in [0.717, 1.165) is 12.0 Å². The van der Waals surface area contributed by atoms with Gasteiger partial charge in [0.05, 0.1) is 37.5 Å². The highest BCUT2D eigenvalue weighted by Crippen LogP contribution is 2.62. The lowest BCUT2D eigenvalue weighted by atomic mass is 9.46. The Balaban J connectivity index is 1.86. The molecule has 10 nitrogen and oxygen atoms in total. The number of hydrogen-bond acceptors (Lipinski definition) is 8. The van der Waals surface area contributed by atoms with Gasteiger partial charge in [0.15, 0.2) is 0 Å². The highest BCUT2D eigenvalue weighted by atomic mass is 16.6. The lowest BCUT2D eigenvalue weighted by molar-refractivity contribution is -0.194. The zero-order chi connectivity index (χ0) is 28.1. The molecule has 2 aliphatic carbocycles. The molecule has 2 fully saturated rings. The molecule has 0 aromatic carbocycles. The Labute approximate surface area is 221 Å². The maximum atomic E-state index is 12.5. The number of esters is 3. The highest BCUT2D eigenvalue weighted by Gasteiger charge is 2.59. The minimum Gasteiger partial charge on any atom is -0.481 e. The molecule has 10 heteroatoms. The topological polar surface area (TPSA) is 154 Å². The number of fused-ring (bicyclic) bond motifs is 1. The predicted molar refractivity (Wildman–Crippen MR) is 133 cm³/mol. The van der Waals surface area contributed by atoms with Crippen molar-refractivity contribution in [1.29, 1.82) is 0 Å². The first kappa shape index (κ1) is 29.1. The number of ether oxygens (including phenoxy) is 3. The molecule has 0 unspecified atom stereocenters. The minimum atomic E-state index is -1.10. The van der Waals surface area contributed by atoms with Gasteiger partial charge in [-0.3, -0.25) is 19.2 Å². The van der Waals surface area contributed by atoms with Crippen LogP contribution in [-0.2, 0) is 38.2 Å². The summed E-state index contributed by atoms with van der Waals surface area (Å²) >= 11 is 0. The second-order valence-electron chi connectivity index (χ2n) is 10.9. The minimum absolute atomic E-state index is 0.0150. The third-order valence-electron chi connectivity index (χ3n) is 8.45. The van der Waals surface area contributed by atoms with Crippen molar-refractivity contribution in [3.05, 3.63) is 36.1 Å². The van der Waals surface area contributed by atoms with Crippen LogP contribution < -0.4 is 0 Å². The molecule has 2 N–H and O–H groups in total. The molecule has 208 valence electrons. The maximum Gasteiger partial charge on any atom is 0.342 e. The van der Waals surface area contributed by atoms with Crippen LogP contribution in [0.25, 0.3) is 0 Å². The average molecular weight is 533 g/mol. The van der Waals surface area contributed by atoms with Gasteiger partial charge in [0.2, 0.25) is 0 Å². The Kier molecular flexibility index (Phi) is 9.17. The summed E-state index contributed by atoms with van der Waals surface area (Å²) in [6, 6.07) is 0. The molecular weight excluding hydrogens is 496 g/mol. The fourth-order valence-corrected chi connectivity index (χ4v) is 6.44. The molecule has 1 aliphatic heterocycles. The van der Waals surface area contributed by atoms with Crippen molar-refractivity contribution in [2.75, 3.05) is 6.61 Å². The Morgan fingerprint density at radius 1 is 1.08 bits per heavy atom. The number of carbonyl (C=O) groups is 5. The number of rotatable bonds is 11. The first-order chi connectivity index (χ1) is 17.9. The third kappa shape index (κ3) is 6.52. The van der Waals surface area contributed by atoms with Gasteiger partial charge >= 0.3 is 29.8 Å². The van der Waals surface area contributed by atoms with Crippen LogP contribution in [0.2, 0.25) is 0 Å². The van der Waals surface area contributed by atoms with Gasteiger partial charge in [-0.05, 0) is 55.4 Å². The van der Waals surface area contributed by atoms with Crippen LogP contribution in [0.15, 0.2) is 36.1 Å². The fraction of sp³-hybridized carbons (Fsp3) is 0.607. The van der Waals surface area contributed by atoms with Gasteiger partial charge in [-0.2, -0.15) is 0 Å². The number of carbonyl (C=O) groups excluding carboxylic acids is 3. The summed E-state index contributed by atoms with van der Waals surface area (Å²) in [5.41, 5.74) is 0.432. The summed E-state index contributed by atoms with van der Waals surface area (Å²) in [5.74, 6) is -3.93. The van der Waals surface area contributed by atoms with Crippen LogP contribution >= 0.6 is 0 Å². The van der Waals surface area contributed by atoms with Crippen LogP contribution in [-0.4, -0.2) is 52.8 Å². The smallest absolute Gasteiger partial charge is 0.342 e. The first-order valence-electron chi connectivity index (χ1n) is 12.9. The zero-order valence-electron chi connectivity index (χ0n) is 21.9. The van der Waals surface area contributed by atoms with E-state index in [-0.39, 0.29) is 49.5 Å². The molecule has 2 saturated carbocycles. The fourth-order valence-electron chi connectivity index (χ4n) is 6.44. The second-order valence-corrected chi connectivity index (χ2v) is 10.9. The average Bonchev–Trinajstić information content (AvgIpc) is 3.26. The van der Waals surface area contributed by atoms with E-state index in [1.54, 1.807) is 6.08 Å². The van der Waals surface area contributed by atoms with Crippen molar-refractivity contribution >= 4 is 29.8 Å². The summed E-state index contributed by atoms with van der Waals surface area (Å²) in [6.07, 6.45) is 6.14. The SMILES string of the molecule is C=C1CC[C@@H]2[C@](C)(COC(=O)CCC(=O)O)[C@H](OC(=O)CCC(=O)O)CC[C@@]2(C)[C@@H]1CC=C1C=COC1=O. The summed E-state index contributed by atoms with van der Waals surface area (Å²) in [7, 11) is 0. The Bertz CT molecular complexity index is 1060. The second kappa shape index (κ2) is 12.0. The molecule has 3 rings (SSSR count). The van der Waals surface area contributed by atoms with E-state index >= 15 is 0 Å². The Morgan fingerprint density at radius 3 is 2.34 bits per heavy atom. The largest absolute Gasteiger partial charge is 0.481 e. The van der Waals surface area contributed by atoms with Crippen molar-refractivity contribution in [3.63, 3.8) is 0 Å². The van der Waals surface area contributed by atoms with Crippen molar-refractivity contribution in [2.24, 2.45) is 22.7 Å².